The maximum atomic E-state index is 4.57. The number of hydrogen-bond donors (Lipinski definition) is 0. The van der Waals surface area contributed by atoms with E-state index in [9.17, 15) is 0 Å². The van der Waals surface area contributed by atoms with E-state index in [0.29, 0.717) is 5.92 Å². The molecular weight excluding hydrogens is 979 g/mol. The monoisotopic (exact) mass is 1040 g/mol. The van der Waals surface area contributed by atoms with Gasteiger partial charge in [0.15, 0.2) is 0 Å². The van der Waals surface area contributed by atoms with Gasteiger partial charge in [0, 0.05) is 11.1 Å². The summed E-state index contributed by atoms with van der Waals surface area (Å²) in [5.74, 6) is 0.653. The van der Waals surface area contributed by atoms with Crippen molar-refractivity contribution < 1.29 is 29.7 Å². The first-order chi connectivity index (χ1) is 31.7. The van der Waals surface area contributed by atoms with Crippen molar-refractivity contribution in [1.82, 2.24) is 0 Å². The van der Waals surface area contributed by atoms with Gasteiger partial charge in [0.1, 0.15) is 31.8 Å². The van der Waals surface area contributed by atoms with Crippen LogP contribution in [-0.4, -0.2) is 0 Å². The third kappa shape index (κ3) is 12.2. The summed E-state index contributed by atoms with van der Waals surface area (Å²) in [4.78, 5) is 0. The van der Waals surface area contributed by atoms with E-state index in [1.807, 2.05) is 17.3 Å². The van der Waals surface area contributed by atoms with Crippen LogP contribution in [-0.2, 0) is 17.3 Å². The molecule has 0 aliphatic rings. The number of fused-ring (bicyclic) bond motifs is 2. The summed E-state index contributed by atoms with van der Waals surface area (Å²) in [6.07, 6.45) is 0. The van der Waals surface area contributed by atoms with Gasteiger partial charge in [-0.3, -0.25) is 0 Å². The normalized spacial score (nSPS) is 11.0. The van der Waals surface area contributed by atoms with Gasteiger partial charge < -0.3 is 12.4 Å². The second-order valence-electron chi connectivity index (χ2n) is 18.7. The first-order valence-electron chi connectivity index (χ1n) is 23.1. The Labute approximate surface area is 424 Å². The fourth-order valence-corrected chi connectivity index (χ4v) is 16.3. The van der Waals surface area contributed by atoms with Crippen LogP contribution in [0.25, 0.3) is 32.7 Å². The molecule has 0 N–H and O–H groups in total. The summed E-state index contributed by atoms with van der Waals surface area (Å²) < 4.78 is 0. The van der Waals surface area contributed by atoms with Gasteiger partial charge in [-0.1, -0.05) is 129 Å². The molecule has 67 heavy (non-hydrogen) atoms. The average Bonchev–Trinajstić information content (AvgIpc) is 3.26. The summed E-state index contributed by atoms with van der Waals surface area (Å²) >= 11 is 1.82. The topological polar surface area (TPSA) is 0 Å². The molecule has 342 valence electrons. The molecule has 9 rings (SSSR count). The number of rotatable bonds is 8. The molecule has 0 radical (unpaired) electrons. The van der Waals surface area contributed by atoms with E-state index >= 15 is 0 Å². The molecule has 9 aromatic carbocycles. The van der Waals surface area contributed by atoms with Crippen LogP contribution in [0.5, 0.6) is 0 Å². The summed E-state index contributed by atoms with van der Waals surface area (Å²) in [6, 6.07) is 65.6. The quantitative estimate of drug-likeness (QED) is 0.105. The zero-order valence-electron chi connectivity index (χ0n) is 40.9. The zero-order chi connectivity index (χ0) is 47.2. The van der Waals surface area contributed by atoms with Crippen LogP contribution >= 0.6 is 25.5 Å². The molecule has 0 spiro atoms. The SMILES string of the molecule is Cc1cc(C)cc([PH+](c2cc(C)cc(C)c2)c2ccc3ccccc3c2-c2c([PH+](c3cc(C)cc(C)c3)c3cc(C)cc(C)c3)ccc3ccccc23)c1.Cc1ccc(C(C)C)cc1.[Cl-].[Cl][Ru+]. The van der Waals surface area contributed by atoms with Gasteiger partial charge in [-0.25, -0.2) is 0 Å². The van der Waals surface area contributed by atoms with Crippen molar-refractivity contribution in [1.29, 1.82) is 0 Å². The van der Waals surface area contributed by atoms with Crippen LogP contribution in [0.2, 0.25) is 0 Å². The summed E-state index contributed by atoms with van der Waals surface area (Å²) in [6.45, 7) is 24.6. The number of halogens is 2. The molecule has 0 saturated carbocycles. The Morgan fingerprint density at radius 3 is 0.910 bits per heavy atom. The third-order valence-corrected chi connectivity index (χ3v) is 17.8. The molecule has 0 saturated heterocycles. The molecule has 9 aromatic rings. The number of aryl methyl sites for hydroxylation is 9. The van der Waals surface area contributed by atoms with E-state index in [2.05, 4.69) is 256 Å². The fourth-order valence-electron chi connectivity index (χ4n) is 9.88. The van der Waals surface area contributed by atoms with Crippen molar-refractivity contribution in [3.63, 3.8) is 0 Å². The fraction of sp³-hybridized carbons (Fsp3) is 0.194. The van der Waals surface area contributed by atoms with E-state index in [1.54, 1.807) is 0 Å². The van der Waals surface area contributed by atoms with Crippen LogP contribution in [0.4, 0.5) is 0 Å². The number of hydrogen-bond acceptors (Lipinski definition) is 0. The molecule has 0 aliphatic heterocycles. The van der Waals surface area contributed by atoms with Crippen LogP contribution in [0.15, 0.2) is 170 Å². The Kier molecular flexibility index (Phi) is 18.0. The predicted octanol–water partition coefficient (Wildman–Crippen LogP) is 11.9. The van der Waals surface area contributed by atoms with Gasteiger partial charge in [0.05, 0.1) is 15.8 Å². The van der Waals surface area contributed by atoms with Gasteiger partial charge in [0.25, 0.3) is 0 Å². The molecular formula is C62H64Cl2P2Ru+2. The minimum atomic E-state index is -1.49. The van der Waals surface area contributed by atoms with Crippen molar-refractivity contribution in [3.05, 3.63) is 225 Å². The summed E-state index contributed by atoms with van der Waals surface area (Å²) in [5.41, 5.74) is 16.1. The van der Waals surface area contributed by atoms with Crippen molar-refractivity contribution in [3.8, 4) is 11.1 Å². The minimum absolute atomic E-state index is 0. The van der Waals surface area contributed by atoms with Gasteiger partial charge in [-0.05, 0) is 201 Å². The Morgan fingerprint density at radius 1 is 0.343 bits per heavy atom. The van der Waals surface area contributed by atoms with E-state index in [-0.39, 0.29) is 12.4 Å². The predicted molar refractivity (Wildman–Crippen MR) is 296 cm³/mol. The van der Waals surface area contributed by atoms with E-state index < -0.39 is 15.8 Å². The van der Waals surface area contributed by atoms with E-state index in [1.165, 1.54) is 120 Å². The molecule has 0 unspecified atom stereocenters. The molecule has 0 aromatic heterocycles. The molecule has 0 atom stereocenters. The van der Waals surface area contributed by atoms with Crippen LogP contribution in [0, 0.1) is 62.3 Å². The third-order valence-electron chi connectivity index (χ3n) is 12.4. The van der Waals surface area contributed by atoms with Crippen LogP contribution in [0.3, 0.4) is 0 Å². The summed E-state index contributed by atoms with van der Waals surface area (Å²) in [5, 5.41) is 13.9. The summed E-state index contributed by atoms with van der Waals surface area (Å²) in [7, 11) is 1.60. The molecule has 5 heteroatoms. The van der Waals surface area contributed by atoms with Gasteiger partial charge >= 0.3 is 27.0 Å². The first kappa shape index (κ1) is 51.9. The Balaban J connectivity index is 0.000000502. The van der Waals surface area contributed by atoms with E-state index in [4.69, 9.17) is 0 Å². The molecule has 0 fully saturated rings. The van der Waals surface area contributed by atoms with E-state index in [0.717, 1.165) is 0 Å². The Hall–Kier alpha value is -4.44. The van der Waals surface area contributed by atoms with Crippen molar-refractivity contribution >= 4 is 78.9 Å². The Morgan fingerprint density at radius 2 is 0.627 bits per heavy atom. The second-order valence-corrected chi connectivity index (χ2v) is 23.6. The zero-order valence-corrected chi connectivity index (χ0v) is 46.1. The Bertz CT molecular complexity index is 2780. The van der Waals surface area contributed by atoms with Crippen molar-refractivity contribution in [2.24, 2.45) is 0 Å². The van der Waals surface area contributed by atoms with Gasteiger partial charge in [-0.15, -0.1) is 0 Å². The average molecular weight is 1040 g/mol. The molecule has 0 nitrogen and oxygen atoms in total. The maximum absolute atomic E-state index is 4.57. The van der Waals surface area contributed by atoms with Gasteiger partial charge in [0.2, 0.25) is 0 Å². The van der Waals surface area contributed by atoms with Crippen molar-refractivity contribution in [2.45, 2.75) is 82.1 Å². The van der Waals surface area contributed by atoms with Crippen LogP contribution in [0.1, 0.15) is 75.4 Å². The molecule has 0 aliphatic carbocycles. The standard InChI is InChI=1S/C52H48P2.C10H14.2ClH.Ru/c1-33-21-34(2)26-43(25-33)53(44-27-35(3)22-36(4)28-44)49-19-17-41-13-9-11-15-47(41)51(49)52-48-16-12-10-14-42(48)18-20-50(52)54(45-29-37(5)23-38(6)30-45)46-31-39(7)24-40(8)32-46;1-8(2)10-6-4-9(3)5-7-10;;;/h9-32H,1-8H3;4-8H,1-3H3;2*1H;/q;;;;+2. The molecule has 0 bridgehead atoms. The number of benzene rings is 9. The first-order valence-corrected chi connectivity index (χ1v) is 28.3. The second kappa shape index (κ2) is 23.2. The molecule has 0 amide bonds. The van der Waals surface area contributed by atoms with Crippen LogP contribution < -0.4 is 44.2 Å². The van der Waals surface area contributed by atoms with Crippen molar-refractivity contribution in [2.75, 3.05) is 0 Å². The van der Waals surface area contributed by atoms with Gasteiger partial charge in [-0.2, -0.15) is 0 Å². The molecule has 0 heterocycles.